The molecule has 11 heteroatoms. The molecule has 0 spiro atoms. The molecule has 1 aliphatic rings. The van der Waals surface area contributed by atoms with Crippen LogP contribution >= 0.6 is 0 Å². The lowest BCUT2D eigenvalue weighted by Gasteiger charge is -2.33. The van der Waals surface area contributed by atoms with Crippen molar-refractivity contribution in [1.82, 2.24) is 10.2 Å². The summed E-state index contributed by atoms with van der Waals surface area (Å²) in [5.74, 6) is -1.21. The van der Waals surface area contributed by atoms with Gasteiger partial charge in [-0.05, 0) is 68.3 Å². The van der Waals surface area contributed by atoms with Crippen LogP contribution in [0.1, 0.15) is 54.0 Å². The van der Waals surface area contributed by atoms with Crippen molar-refractivity contribution in [2.24, 2.45) is 0 Å². The molecular weight excluding hydrogens is 493 g/mol. The summed E-state index contributed by atoms with van der Waals surface area (Å²) >= 11 is 0. The van der Waals surface area contributed by atoms with Crippen LogP contribution in [0.25, 0.3) is 0 Å². The number of likely N-dealkylation sites (N-methyl/N-ethyl adjacent to an activating group) is 1. The van der Waals surface area contributed by atoms with Gasteiger partial charge in [0.05, 0.1) is 24.8 Å². The van der Waals surface area contributed by atoms with Crippen molar-refractivity contribution < 1.29 is 40.3 Å². The van der Waals surface area contributed by atoms with Gasteiger partial charge >= 0.3 is 18.3 Å². The number of hydrogen-bond acceptors (Lipinski definition) is 4. The topological polar surface area (TPSA) is 41.6 Å². The Labute approximate surface area is 204 Å². The first-order valence-corrected chi connectivity index (χ1v) is 11.3. The van der Waals surface area contributed by atoms with E-state index in [1.54, 1.807) is 24.1 Å². The Bertz CT molecular complexity index is 1020. The van der Waals surface area contributed by atoms with E-state index >= 15 is 0 Å². The number of halogens is 7. The molecule has 0 aliphatic heterocycles. The molecule has 1 fully saturated rings. The molecule has 198 valence electrons. The van der Waals surface area contributed by atoms with Gasteiger partial charge in [-0.2, -0.15) is 26.3 Å². The lowest BCUT2D eigenvalue weighted by molar-refractivity contribution is -0.144. The summed E-state index contributed by atoms with van der Waals surface area (Å²) in [6.45, 7) is 1.49. The number of hydrogen-bond donors (Lipinski definition) is 1. The number of methoxy groups -OCH3 is 1. The molecule has 2 aromatic carbocycles. The van der Waals surface area contributed by atoms with E-state index < -0.39 is 41.3 Å². The molecule has 0 radical (unpaired) electrons. The number of esters is 1. The molecule has 1 aliphatic carbocycles. The summed E-state index contributed by atoms with van der Waals surface area (Å²) < 4.78 is 98.3. The minimum atomic E-state index is -4.94. The van der Waals surface area contributed by atoms with Gasteiger partial charge in [-0.15, -0.1) is 0 Å². The Kier molecular flexibility index (Phi) is 8.34. The zero-order valence-corrected chi connectivity index (χ0v) is 19.9. The smallest absolute Gasteiger partial charge is 0.416 e. The van der Waals surface area contributed by atoms with Gasteiger partial charge in [0.2, 0.25) is 0 Å². The van der Waals surface area contributed by atoms with Crippen molar-refractivity contribution in [2.75, 3.05) is 20.7 Å². The summed E-state index contributed by atoms with van der Waals surface area (Å²) in [7, 11) is 2.99. The number of carbonyl (C=O) groups is 1. The number of alkyl halides is 6. The van der Waals surface area contributed by atoms with Gasteiger partial charge in [0, 0.05) is 24.0 Å². The van der Waals surface area contributed by atoms with E-state index in [-0.39, 0.29) is 36.2 Å². The Hall–Kier alpha value is -2.66. The molecule has 0 bridgehead atoms. The summed E-state index contributed by atoms with van der Waals surface area (Å²) in [4.78, 5) is 13.6. The summed E-state index contributed by atoms with van der Waals surface area (Å²) in [5, 5.41) is 3.20. The fraction of sp³-hybridized carbons (Fsp3) is 0.480. The van der Waals surface area contributed by atoms with Crippen LogP contribution in [0.5, 0.6) is 0 Å². The van der Waals surface area contributed by atoms with E-state index in [1.807, 2.05) is 0 Å². The van der Waals surface area contributed by atoms with Crippen molar-refractivity contribution in [3.63, 3.8) is 0 Å². The number of rotatable bonds is 7. The highest BCUT2D eigenvalue weighted by atomic mass is 19.4. The lowest BCUT2D eigenvalue weighted by atomic mass is 9.89. The molecule has 0 amide bonds. The SMILES string of the molecule is COC(=O)CN(C)[C@@H]1CC[C@H](NC(C)c2cc(C(F)(F)F)cc(C(F)(F)F)c2)[C@@H]1c1ccc(F)cc1. The predicted octanol–water partition coefficient (Wildman–Crippen LogP) is 5.93. The van der Waals surface area contributed by atoms with Crippen LogP contribution < -0.4 is 5.32 Å². The molecule has 4 nitrogen and oxygen atoms in total. The number of carbonyl (C=O) groups excluding carboxylic acids is 1. The Balaban J connectivity index is 1.93. The Morgan fingerprint density at radius 2 is 1.58 bits per heavy atom. The number of nitrogens with one attached hydrogen (secondary N) is 1. The third kappa shape index (κ3) is 6.56. The van der Waals surface area contributed by atoms with E-state index in [0.29, 0.717) is 12.8 Å². The fourth-order valence-corrected chi connectivity index (χ4v) is 4.83. The van der Waals surface area contributed by atoms with E-state index in [0.717, 1.165) is 17.7 Å². The van der Waals surface area contributed by atoms with E-state index in [2.05, 4.69) is 5.32 Å². The number of nitrogens with zero attached hydrogens (tertiary/aromatic N) is 1. The average molecular weight is 520 g/mol. The van der Waals surface area contributed by atoms with Crippen LogP contribution in [0.15, 0.2) is 42.5 Å². The normalized spacial score (nSPS) is 21.6. The van der Waals surface area contributed by atoms with Gasteiger partial charge in [0.1, 0.15) is 5.82 Å². The zero-order valence-electron chi connectivity index (χ0n) is 19.9. The van der Waals surface area contributed by atoms with Gasteiger partial charge in [0.15, 0.2) is 0 Å². The van der Waals surface area contributed by atoms with Crippen molar-refractivity contribution in [3.05, 3.63) is 70.5 Å². The zero-order chi connectivity index (χ0) is 26.8. The van der Waals surface area contributed by atoms with Gasteiger partial charge in [-0.1, -0.05) is 12.1 Å². The maximum Gasteiger partial charge on any atom is 0.416 e. The summed E-state index contributed by atoms with van der Waals surface area (Å²) in [6.07, 6.45) is -8.76. The first-order valence-electron chi connectivity index (χ1n) is 11.3. The summed E-state index contributed by atoms with van der Waals surface area (Å²) in [5.41, 5.74) is -2.17. The first-order chi connectivity index (χ1) is 16.7. The minimum Gasteiger partial charge on any atom is -0.468 e. The van der Waals surface area contributed by atoms with Crippen molar-refractivity contribution in [2.45, 2.75) is 56.2 Å². The van der Waals surface area contributed by atoms with Gasteiger partial charge in [-0.25, -0.2) is 4.39 Å². The molecule has 1 unspecified atom stereocenters. The van der Waals surface area contributed by atoms with E-state index in [1.165, 1.54) is 26.2 Å². The maximum absolute atomic E-state index is 13.6. The standard InChI is InChI=1S/C25H27F7N2O2/c1-14(16-10-17(24(27,28)29)12-18(11-16)25(30,31)32)33-20-8-9-21(34(2)13-22(35)36-3)23(20)15-4-6-19(26)7-5-15/h4-7,10-12,14,20-21,23,33H,8-9,13H2,1-3H3/t14?,20-,21+,23-/m0/s1. The summed E-state index contributed by atoms with van der Waals surface area (Å²) in [6, 6.07) is 5.88. The molecule has 0 saturated heterocycles. The fourth-order valence-electron chi connectivity index (χ4n) is 4.83. The first kappa shape index (κ1) is 27.9. The van der Waals surface area contributed by atoms with Crippen LogP contribution in [-0.2, 0) is 21.9 Å². The average Bonchev–Trinajstić information content (AvgIpc) is 3.21. The Morgan fingerprint density at radius 3 is 2.08 bits per heavy atom. The highest BCUT2D eigenvalue weighted by Crippen LogP contribution is 2.41. The number of ether oxygens (including phenoxy) is 1. The molecule has 36 heavy (non-hydrogen) atoms. The molecule has 1 saturated carbocycles. The molecule has 3 rings (SSSR count). The molecule has 1 N–H and O–H groups in total. The monoisotopic (exact) mass is 520 g/mol. The molecular formula is C25H27F7N2O2. The quantitative estimate of drug-likeness (QED) is 0.363. The second-order valence-corrected chi connectivity index (χ2v) is 9.05. The molecule has 2 aromatic rings. The second-order valence-electron chi connectivity index (χ2n) is 9.05. The minimum absolute atomic E-state index is 0.0102. The maximum atomic E-state index is 13.6. The van der Waals surface area contributed by atoms with Crippen molar-refractivity contribution >= 4 is 5.97 Å². The van der Waals surface area contributed by atoms with E-state index in [9.17, 15) is 35.5 Å². The van der Waals surface area contributed by atoms with E-state index in [4.69, 9.17) is 4.74 Å². The van der Waals surface area contributed by atoms with Crippen LogP contribution in [0.2, 0.25) is 0 Å². The Morgan fingerprint density at radius 1 is 1.03 bits per heavy atom. The molecule has 0 aromatic heterocycles. The van der Waals surface area contributed by atoms with Crippen molar-refractivity contribution in [1.29, 1.82) is 0 Å². The second kappa shape index (κ2) is 10.8. The lowest BCUT2D eigenvalue weighted by Crippen LogP contribution is -2.42. The van der Waals surface area contributed by atoms with Gasteiger partial charge < -0.3 is 10.1 Å². The van der Waals surface area contributed by atoms with Crippen LogP contribution in [-0.4, -0.2) is 43.7 Å². The van der Waals surface area contributed by atoms with Crippen molar-refractivity contribution in [3.8, 4) is 0 Å². The van der Waals surface area contributed by atoms with Gasteiger partial charge in [0.25, 0.3) is 0 Å². The largest absolute Gasteiger partial charge is 0.468 e. The van der Waals surface area contributed by atoms with Crippen LogP contribution in [0, 0.1) is 5.82 Å². The third-order valence-corrected chi connectivity index (χ3v) is 6.62. The molecule has 4 atom stereocenters. The van der Waals surface area contributed by atoms with Crippen LogP contribution in [0.4, 0.5) is 30.7 Å². The number of benzene rings is 2. The third-order valence-electron chi connectivity index (χ3n) is 6.62. The molecule has 0 heterocycles. The van der Waals surface area contributed by atoms with Crippen LogP contribution in [0.3, 0.4) is 0 Å². The van der Waals surface area contributed by atoms with Gasteiger partial charge in [-0.3, -0.25) is 9.69 Å². The highest BCUT2D eigenvalue weighted by Gasteiger charge is 2.41. The predicted molar refractivity (Wildman–Crippen MR) is 119 cm³/mol. The highest BCUT2D eigenvalue weighted by molar-refractivity contribution is 5.71.